The molecule has 128 valence electrons. The molecule has 1 aliphatic heterocycles. The van der Waals surface area contributed by atoms with Gasteiger partial charge in [0.1, 0.15) is 6.23 Å². The van der Waals surface area contributed by atoms with Gasteiger partial charge >= 0.3 is 5.69 Å². The molecule has 1 fully saturated rings. The summed E-state index contributed by atoms with van der Waals surface area (Å²) in [5.41, 5.74) is -0.374. The van der Waals surface area contributed by atoms with Gasteiger partial charge in [-0.3, -0.25) is 4.57 Å². The fourth-order valence-corrected chi connectivity index (χ4v) is 2.66. The molecule has 0 bridgehead atoms. The van der Waals surface area contributed by atoms with Crippen LogP contribution in [0.4, 0.5) is 5.82 Å². The van der Waals surface area contributed by atoms with Gasteiger partial charge in [-0.05, 0) is 31.7 Å². The molecule has 2 rings (SSSR count). The van der Waals surface area contributed by atoms with Crippen LogP contribution in [0.15, 0.2) is 22.1 Å². The largest absolute Gasteiger partial charge is 0.394 e. The second-order valence-electron chi connectivity index (χ2n) is 5.73. The molecular formula is C16H26N4O3. The number of nitrogens with zero attached hydrogens (tertiary/aromatic N) is 4. The lowest BCUT2D eigenvalue weighted by atomic mass is 10.2. The number of ether oxygens (including phenoxy) is 1. The summed E-state index contributed by atoms with van der Waals surface area (Å²) in [4.78, 5) is 22.6. The maximum atomic E-state index is 12.1. The van der Waals surface area contributed by atoms with Gasteiger partial charge in [0.2, 0.25) is 0 Å². The quantitative estimate of drug-likeness (QED) is 0.582. The van der Waals surface area contributed by atoms with Crippen LogP contribution < -0.4 is 5.69 Å². The van der Waals surface area contributed by atoms with Gasteiger partial charge < -0.3 is 14.7 Å². The van der Waals surface area contributed by atoms with E-state index < -0.39 is 0 Å². The first kappa shape index (κ1) is 17.6. The molecule has 0 saturated carbocycles. The van der Waals surface area contributed by atoms with Gasteiger partial charge in [0.15, 0.2) is 5.82 Å². The standard InChI is InChI=1S/C16H26N4O3/c1-3-8-19(9-4-2)12-17-14-7-10-20(16(22)18-14)15-6-5-13(11-21)23-15/h7,10,12-13,15,21H,3-6,8-9,11H2,1-2H3/t13-,15+/m0/s1. The highest BCUT2D eigenvalue weighted by Gasteiger charge is 2.26. The van der Waals surface area contributed by atoms with Crippen LogP contribution in [-0.4, -0.2) is 51.7 Å². The van der Waals surface area contributed by atoms with E-state index in [1.54, 1.807) is 18.6 Å². The third-order valence-corrected chi connectivity index (χ3v) is 3.79. The van der Waals surface area contributed by atoms with E-state index in [1.807, 2.05) is 0 Å². The average Bonchev–Trinajstić information content (AvgIpc) is 3.02. The topological polar surface area (TPSA) is 80.0 Å². The van der Waals surface area contributed by atoms with Crippen molar-refractivity contribution in [2.75, 3.05) is 19.7 Å². The Kier molecular flexibility index (Phi) is 6.73. The minimum atomic E-state index is -0.374. The third-order valence-electron chi connectivity index (χ3n) is 3.79. The summed E-state index contributed by atoms with van der Waals surface area (Å²) < 4.78 is 7.07. The second-order valence-corrected chi connectivity index (χ2v) is 5.73. The highest BCUT2D eigenvalue weighted by atomic mass is 16.5. The second kappa shape index (κ2) is 8.79. The number of hydrogen-bond donors (Lipinski definition) is 1. The summed E-state index contributed by atoms with van der Waals surface area (Å²) in [6.07, 6.45) is 6.43. The molecular weight excluding hydrogens is 296 g/mol. The van der Waals surface area contributed by atoms with Gasteiger partial charge in [-0.25, -0.2) is 9.79 Å². The Morgan fingerprint density at radius 1 is 1.43 bits per heavy atom. The van der Waals surface area contributed by atoms with E-state index >= 15 is 0 Å². The molecule has 7 heteroatoms. The lowest BCUT2D eigenvalue weighted by molar-refractivity contribution is -0.0245. The first-order valence-electron chi connectivity index (χ1n) is 8.31. The van der Waals surface area contributed by atoms with Crippen LogP contribution in [0.1, 0.15) is 45.8 Å². The highest BCUT2D eigenvalue weighted by molar-refractivity contribution is 5.59. The van der Waals surface area contributed by atoms with Crippen molar-refractivity contribution in [3.8, 4) is 0 Å². The molecule has 0 aromatic carbocycles. The number of aliphatic hydroxyl groups excluding tert-OH is 1. The van der Waals surface area contributed by atoms with Gasteiger partial charge in [-0.1, -0.05) is 13.8 Å². The molecule has 0 radical (unpaired) electrons. The van der Waals surface area contributed by atoms with E-state index in [-0.39, 0.29) is 24.6 Å². The van der Waals surface area contributed by atoms with Crippen molar-refractivity contribution < 1.29 is 9.84 Å². The van der Waals surface area contributed by atoms with Gasteiger partial charge in [0.25, 0.3) is 0 Å². The normalized spacial score (nSPS) is 21.2. The average molecular weight is 322 g/mol. The third kappa shape index (κ3) is 4.87. The smallest absolute Gasteiger partial charge is 0.351 e. The molecule has 1 N–H and O–H groups in total. The van der Waals surface area contributed by atoms with Crippen LogP contribution in [0.2, 0.25) is 0 Å². The van der Waals surface area contributed by atoms with Crippen LogP contribution in [0.25, 0.3) is 0 Å². The van der Waals surface area contributed by atoms with Crippen molar-refractivity contribution in [1.29, 1.82) is 0 Å². The molecule has 2 heterocycles. The van der Waals surface area contributed by atoms with Crippen LogP contribution in [0.3, 0.4) is 0 Å². The summed E-state index contributed by atoms with van der Waals surface area (Å²) in [5.74, 6) is 0.403. The number of rotatable bonds is 8. The first-order chi connectivity index (χ1) is 11.2. The van der Waals surface area contributed by atoms with Gasteiger partial charge in [0, 0.05) is 19.3 Å². The van der Waals surface area contributed by atoms with Gasteiger partial charge in [-0.2, -0.15) is 4.98 Å². The van der Waals surface area contributed by atoms with E-state index in [9.17, 15) is 4.79 Å². The van der Waals surface area contributed by atoms with E-state index in [2.05, 4.69) is 28.7 Å². The van der Waals surface area contributed by atoms with Gasteiger partial charge in [-0.15, -0.1) is 0 Å². The highest BCUT2D eigenvalue weighted by Crippen LogP contribution is 2.26. The molecule has 2 atom stereocenters. The number of aliphatic hydroxyl groups is 1. The van der Waals surface area contributed by atoms with E-state index in [0.29, 0.717) is 12.2 Å². The van der Waals surface area contributed by atoms with E-state index in [0.717, 1.165) is 32.4 Å². The van der Waals surface area contributed by atoms with Crippen molar-refractivity contribution in [2.45, 2.75) is 51.9 Å². The summed E-state index contributed by atoms with van der Waals surface area (Å²) >= 11 is 0. The maximum absolute atomic E-state index is 12.1. The first-order valence-corrected chi connectivity index (χ1v) is 8.31. The van der Waals surface area contributed by atoms with Crippen molar-refractivity contribution >= 4 is 12.2 Å². The fraction of sp³-hybridized carbons (Fsp3) is 0.688. The number of hydrogen-bond acceptors (Lipinski definition) is 5. The zero-order valence-electron chi connectivity index (χ0n) is 13.9. The predicted molar refractivity (Wildman–Crippen MR) is 89.0 cm³/mol. The van der Waals surface area contributed by atoms with Crippen molar-refractivity contribution in [3.05, 3.63) is 22.7 Å². The summed E-state index contributed by atoms with van der Waals surface area (Å²) in [5, 5.41) is 9.10. The number of aromatic nitrogens is 2. The molecule has 0 unspecified atom stereocenters. The van der Waals surface area contributed by atoms with E-state index in [1.165, 1.54) is 4.57 Å². The molecule has 0 aliphatic carbocycles. The maximum Gasteiger partial charge on any atom is 0.351 e. The Morgan fingerprint density at radius 2 is 2.17 bits per heavy atom. The van der Waals surface area contributed by atoms with Crippen LogP contribution >= 0.6 is 0 Å². The Balaban J connectivity index is 2.05. The summed E-state index contributed by atoms with van der Waals surface area (Å²) in [6.45, 7) is 6.10. The van der Waals surface area contributed by atoms with E-state index in [4.69, 9.17) is 9.84 Å². The Labute approximate surface area is 136 Å². The SMILES string of the molecule is CCCN(C=Nc1ccn([C@H]2CC[C@@H](CO)O2)c(=O)n1)CCC. The van der Waals surface area contributed by atoms with Crippen LogP contribution in [0, 0.1) is 0 Å². The minimum Gasteiger partial charge on any atom is -0.394 e. The van der Waals surface area contributed by atoms with Crippen molar-refractivity contribution in [1.82, 2.24) is 14.5 Å². The molecule has 7 nitrogen and oxygen atoms in total. The summed E-state index contributed by atoms with van der Waals surface area (Å²) in [7, 11) is 0. The molecule has 0 spiro atoms. The monoisotopic (exact) mass is 322 g/mol. The summed E-state index contributed by atoms with van der Waals surface area (Å²) in [6, 6.07) is 1.71. The molecule has 23 heavy (non-hydrogen) atoms. The molecule has 1 aliphatic rings. The minimum absolute atomic E-state index is 0.0221. The molecule has 0 amide bonds. The Hall–Kier alpha value is -1.73. The Morgan fingerprint density at radius 3 is 2.74 bits per heavy atom. The predicted octanol–water partition coefficient (Wildman–Crippen LogP) is 1.70. The fourth-order valence-electron chi connectivity index (χ4n) is 2.66. The lowest BCUT2D eigenvalue weighted by Crippen LogP contribution is -2.27. The van der Waals surface area contributed by atoms with Crippen molar-refractivity contribution in [2.24, 2.45) is 4.99 Å². The zero-order valence-corrected chi connectivity index (χ0v) is 13.9. The molecule has 1 aromatic rings. The molecule has 1 aromatic heterocycles. The van der Waals surface area contributed by atoms with Gasteiger partial charge in [0.05, 0.1) is 19.0 Å². The lowest BCUT2D eigenvalue weighted by Gasteiger charge is -2.17. The van der Waals surface area contributed by atoms with Crippen LogP contribution in [0.5, 0.6) is 0 Å². The van der Waals surface area contributed by atoms with Crippen LogP contribution in [-0.2, 0) is 4.74 Å². The zero-order chi connectivity index (χ0) is 16.7. The van der Waals surface area contributed by atoms with Crippen molar-refractivity contribution in [3.63, 3.8) is 0 Å². The Bertz CT molecular complexity index is 567. The molecule has 1 saturated heterocycles. The number of aliphatic imine (C=N–C) groups is 1.